The van der Waals surface area contributed by atoms with E-state index in [2.05, 4.69) is 217 Å². The van der Waals surface area contributed by atoms with E-state index in [1.165, 1.54) is 47.1 Å². The molecular formula is C62H37N5S. The van der Waals surface area contributed by atoms with Crippen molar-refractivity contribution in [1.82, 2.24) is 24.3 Å². The molecule has 4 aromatic heterocycles. The molecule has 0 unspecified atom stereocenters. The smallest absolute Gasteiger partial charge is 0.164 e. The number of fused-ring (bicyclic) bond motifs is 13. The monoisotopic (exact) mass is 883 g/mol. The summed E-state index contributed by atoms with van der Waals surface area (Å²) in [6.07, 6.45) is 0. The Morgan fingerprint density at radius 1 is 0.294 bits per heavy atom. The Labute approximate surface area is 395 Å². The lowest BCUT2D eigenvalue weighted by atomic mass is 10.0. The second-order valence-electron chi connectivity index (χ2n) is 17.4. The van der Waals surface area contributed by atoms with E-state index in [4.69, 9.17) is 19.9 Å². The standard InChI is InChI=1S/C62H37N5S/c1-3-11-38(12-4-1)40-19-25-45(26-20-40)59-64-60(46-27-21-41(22-28-46)39-13-5-2-6-14-39)66-61(65-59)47-29-23-44(24-30-47)55-37-53-52-34-32-43-16-8-10-18-49(43)57(52)68-58(53)62-63-56-51-33-31-42-15-7-9-17-48(42)50(51)35-36-54(56)67(55)62/h1-37H. The lowest BCUT2D eigenvalue weighted by Gasteiger charge is -2.12. The van der Waals surface area contributed by atoms with Gasteiger partial charge in [0.15, 0.2) is 23.1 Å². The van der Waals surface area contributed by atoms with E-state index in [0.717, 1.165) is 72.3 Å². The Kier molecular flexibility index (Phi) is 8.69. The SMILES string of the molecule is c1ccc(-c2ccc(-c3nc(-c4ccc(-c5ccccc5)cc4)nc(-c4ccc(-c5cc6c7ccc8ccccc8c7sc6c6nc7c8ccc9ccccc9c8ccc7n56)cc4)n3)cc2)cc1. The molecule has 0 N–H and O–H groups in total. The first-order valence-electron chi connectivity index (χ1n) is 22.9. The maximum atomic E-state index is 5.57. The molecule has 0 saturated carbocycles. The predicted molar refractivity (Wildman–Crippen MR) is 284 cm³/mol. The summed E-state index contributed by atoms with van der Waals surface area (Å²) in [5.41, 5.74) is 12.5. The van der Waals surface area contributed by atoms with Crippen molar-refractivity contribution in [2.24, 2.45) is 0 Å². The molecule has 0 bridgehead atoms. The molecule has 0 aliphatic rings. The summed E-state index contributed by atoms with van der Waals surface area (Å²) in [5.74, 6) is 1.85. The van der Waals surface area contributed by atoms with Crippen molar-refractivity contribution in [2.75, 3.05) is 0 Å². The lowest BCUT2D eigenvalue weighted by Crippen LogP contribution is -2.00. The average molecular weight is 884 g/mol. The molecule has 0 fully saturated rings. The van der Waals surface area contributed by atoms with E-state index in [0.29, 0.717) is 17.5 Å². The number of pyridine rings is 1. The van der Waals surface area contributed by atoms with Gasteiger partial charge in [0.1, 0.15) is 0 Å². The largest absolute Gasteiger partial charge is 0.291 e. The van der Waals surface area contributed by atoms with Crippen molar-refractivity contribution >= 4 is 80.5 Å². The molecule has 4 heterocycles. The molecule has 14 rings (SSSR count). The summed E-state index contributed by atoms with van der Waals surface area (Å²) in [6, 6.07) is 79.7. The van der Waals surface area contributed by atoms with Gasteiger partial charge in [-0.3, -0.25) is 4.40 Å². The number of imidazole rings is 1. The molecule has 0 aliphatic heterocycles. The van der Waals surface area contributed by atoms with Crippen LogP contribution in [0.25, 0.3) is 137 Å². The normalized spacial score (nSPS) is 11.8. The highest BCUT2D eigenvalue weighted by molar-refractivity contribution is 7.27. The minimum Gasteiger partial charge on any atom is -0.291 e. The first-order chi connectivity index (χ1) is 33.7. The van der Waals surface area contributed by atoms with Crippen LogP contribution in [0.3, 0.4) is 0 Å². The van der Waals surface area contributed by atoms with Crippen molar-refractivity contribution in [1.29, 1.82) is 0 Å². The Morgan fingerprint density at radius 2 is 0.750 bits per heavy atom. The minimum atomic E-state index is 0.610. The van der Waals surface area contributed by atoms with Crippen LogP contribution in [0.15, 0.2) is 224 Å². The van der Waals surface area contributed by atoms with E-state index in [9.17, 15) is 0 Å². The Bertz CT molecular complexity index is 4170. The second kappa shape index (κ2) is 15.4. The average Bonchev–Trinajstić information content (AvgIpc) is 4.01. The highest BCUT2D eigenvalue weighted by Crippen LogP contribution is 2.44. The van der Waals surface area contributed by atoms with Crippen LogP contribution < -0.4 is 0 Å². The van der Waals surface area contributed by atoms with Crippen LogP contribution in [-0.2, 0) is 0 Å². The summed E-state index contributed by atoms with van der Waals surface area (Å²) in [7, 11) is 0. The molecule has 0 amide bonds. The molecular weight excluding hydrogens is 847 g/mol. The third-order valence-electron chi connectivity index (χ3n) is 13.5. The number of benzene rings is 10. The molecule has 0 saturated heterocycles. The topological polar surface area (TPSA) is 56.0 Å². The van der Waals surface area contributed by atoms with Crippen molar-refractivity contribution < 1.29 is 0 Å². The summed E-state index contributed by atoms with van der Waals surface area (Å²) in [6.45, 7) is 0. The highest BCUT2D eigenvalue weighted by Gasteiger charge is 2.21. The molecule has 6 heteroatoms. The highest BCUT2D eigenvalue weighted by atomic mass is 32.1. The van der Waals surface area contributed by atoms with Gasteiger partial charge in [-0.15, -0.1) is 11.3 Å². The molecule has 0 radical (unpaired) electrons. The second-order valence-corrected chi connectivity index (χ2v) is 18.4. The zero-order valence-corrected chi connectivity index (χ0v) is 37.3. The van der Waals surface area contributed by atoms with Crippen LogP contribution in [0.1, 0.15) is 0 Å². The van der Waals surface area contributed by atoms with Gasteiger partial charge in [0.2, 0.25) is 0 Å². The number of aromatic nitrogens is 5. The van der Waals surface area contributed by atoms with Gasteiger partial charge in [0, 0.05) is 37.5 Å². The first-order valence-corrected chi connectivity index (χ1v) is 23.7. The van der Waals surface area contributed by atoms with E-state index >= 15 is 0 Å². The van der Waals surface area contributed by atoms with Gasteiger partial charge in [-0.1, -0.05) is 212 Å². The maximum absolute atomic E-state index is 5.57. The molecule has 5 nitrogen and oxygen atoms in total. The molecule has 14 aromatic rings. The van der Waals surface area contributed by atoms with Gasteiger partial charge in [-0.2, -0.15) is 0 Å². The number of rotatable bonds is 6. The van der Waals surface area contributed by atoms with Crippen LogP contribution in [-0.4, -0.2) is 24.3 Å². The van der Waals surface area contributed by atoms with Crippen molar-refractivity contribution in [3.05, 3.63) is 224 Å². The molecule has 0 aliphatic carbocycles. The predicted octanol–water partition coefficient (Wildman–Crippen LogP) is 16.5. The zero-order chi connectivity index (χ0) is 44.7. The number of thiophene rings is 1. The Balaban J connectivity index is 0.938. The minimum absolute atomic E-state index is 0.610. The number of hydrogen-bond donors (Lipinski definition) is 0. The molecule has 0 spiro atoms. The summed E-state index contributed by atoms with van der Waals surface area (Å²) in [4.78, 5) is 21.0. The molecule has 316 valence electrons. The van der Waals surface area contributed by atoms with Gasteiger partial charge in [0.25, 0.3) is 0 Å². The van der Waals surface area contributed by atoms with E-state index in [1.807, 2.05) is 23.5 Å². The summed E-state index contributed by atoms with van der Waals surface area (Å²) in [5, 5.41) is 9.76. The molecule has 68 heavy (non-hydrogen) atoms. The maximum Gasteiger partial charge on any atom is 0.164 e. The third kappa shape index (κ3) is 6.23. The van der Waals surface area contributed by atoms with Crippen molar-refractivity contribution in [3.8, 4) is 67.7 Å². The van der Waals surface area contributed by atoms with E-state index in [-0.39, 0.29) is 0 Å². The van der Waals surface area contributed by atoms with E-state index in [1.54, 1.807) is 0 Å². The van der Waals surface area contributed by atoms with E-state index < -0.39 is 0 Å². The Hall–Kier alpha value is -8.84. The van der Waals surface area contributed by atoms with Gasteiger partial charge < -0.3 is 0 Å². The van der Waals surface area contributed by atoms with Gasteiger partial charge >= 0.3 is 0 Å². The van der Waals surface area contributed by atoms with Gasteiger partial charge in [-0.25, -0.2) is 19.9 Å². The fourth-order valence-corrected chi connectivity index (χ4v) is 11.3. The third-order valence-corrected chi connectivity index (χ3v) is 14.7. The summed E-state index contributed by atoms with van der Waals surface area (Å²) < 4.78 is 4.83. The zero-order valence-electron chi connectivity index (χ0n) is 36.5. The Morgan fingerprint density at radius 3 is 1.34 bits per heavy atom. The number of hydrogen-bond acceptors (Lipinski definition) is 5. The summed E-state index contributed by atoms with van der Waals surface area (Å²) >= 11 is 1.84. The van der Waals surface area contributed by atoms with Crippen LogP contribution in [0.2, 0.25) is 0 Å². The van der Waals surface area contributed by atoms with Crippen LogP contribution in [0.4, 0.5) is 0 Å². The number of nitrogens with zero attached hydrogens (tertiary/aromatic N) is 5. The quantitative estimate of drug-likeness (QED) is 0.156. The first kappa shape index (κ1) is 38.4. The van der Waals surface area contributed by atoms with Crippen LogP contribution >= 0.6 is 11.3 Å². The van der Waals surface area contributed by atoms with Crippen LogP contribution in [0.5, 0.6) is 0 Å². The van der Waals surface area contributed by atoms with Crippen LogP contribution in [0, 0.1) is 0 Å². The fraction of sp³-hybridized carbons (Fsp3) is 0. The van der Waals surface area contributed by atoms with Gasteiger partial charge in [0.05, 0.1) is 21.4 Å². The van der Waals surface area contributed by atoms with Crippen molar-refractivity contribution in [3.63, 3.8) is 0 Å². The lowest BCUT2D eigenvalue weighted by molar-refractivity contribution is 1.07. The fourth-order valence-electron chi connectivity index (χ4n) is 10.0. The van der Waals surface area contributed by atoms with Gasteiger partial charge in [-0.05, 0) is 66.9 Å². The molecule has 10 aromatic carbocycles. The van der Waals surface area contributed by atoms with Crippen molar-refractivity contribution in [2.45, 2.75) is 0 Å². The molecule has 0 atom stereocenters.